The molecule has 0 radical (unpaired) electrons. The van der Waals surface area contributed by atoms with Gasteiger partial charge in [0.05, 0.1) is 24.5 Å². The molecular weight excluding hydrogens is 383 g/mol. The number of para-hydroxylation sites is 1. The van der Waals surface area contributed by atoms with Gasteiger partial charge < -0.3 is 10.4 Å². The number of hydrogen-bond donors (Lipinski definition) is 2. The van der Waals surface area contributed by atoms with Gasteiger partial charge in [0.15, 0.2) is 0 Å². The SMILES string of the molecule is O[C@@H]1C[C@H]2CN(Cc3cnn(-c4ccccc4F)c3)C[C@H]2C[C@H]1Nc1cnccn1. The van der Waals surface area contributed by atoms with E-state index in [-0.39, 0.29) is 11.9 Å². The van der Waals surface area contributed by atoms with Crippen LogP contribution in [0.25, 0.3) is 5.69 Å². The third kappa shape index (κ3) is 3.93. The highest BCUT2D eigenvalue weighted by Crippen LogP contribution is 2.38. The molecule has 1 aliphatic carbocycles. The first kappa shape index (κ1) is 19.1. The summed E-state index contributed by atoms with van der Waals surface area (Å²) in [6, 6.07) is 6.64. The molecule has 3 aromatic rings. The predicted molar refractivity (Wildman–Crippen MR) is 110 cm³/mol. The third-order valence-corrected chi connectivity index (χ3v) is 6.26. The molecule has 4 atom stereocenters. The van der Waals surface area contributed by atoms with Crippen LogP contribution in [0.15, 0.2) is 55.2 Å². The lowest BCUT2D eigenvalue weighted by Crippen LogP contribution is -2.43. The Morgan fingerprint density at radius 1 is 1.10 bits per heavy atom. The molecule has 2 N–H and O–H groups in total. The molecule has 1 saturated carbocycles. The van der Waals surface area contributed by atoms with Crippen LogP contribution in [0.3, 0.4) is 0 Å². The van der Waals surface area contributed by atoms with Gasteiger partial charge in [0, 0.05) is 43.8 Å². The standard InChI is InChI=1S/C22H25FN6O/c23-18-3-1-2-4-20(18)29-12-15(9-26-29)11-28-13-16-7-19(21(30)8-17(16)14-28)27-22-10-24-5-6-25-22/h1-6,9-10,12,16-17,19,21,30H,7-8,11,13-14H2,(H,25,27)/t16-,17+,19-,21-/m1/s1. The second kappa shape index (κ2) is 8.12. The molecule has 0 bridgehead atoms. The summed E-state index contributed by atoms with van der Waals surface area (Å²) in [7, 11) is 0. The van der Waals surface area contributed by atoms with E-state index in [0.717, 1.165) is 38.0 Å². The van der Waals surface area contributed by atoms with E-state index in [1.807, 2.05) is 18.5 Å². The van der Waals surface area contributed by atoms with Crippen LogP contribution < -0.4 is 5.32 Å². The average Bonchev–Trinajstić information content (AvgIpc) is 3.36. The molecule has 1 saturated heterocycles. The number of anilines is 1. The third-order valence-electron chi connectivity index (χ3n) is 6.26. The maximum absolute atomic E-state index is 14.0. The Balaban J connectivity index is 1.22. The number of nitrogens with one attached hydrogen (secondary N) is 1. The van der Waals surface area contributed by atoms with Gasteiger partial charge in [0.2, 0.25) is 0 Å². The van der Waals surface area contributed by atoms with Crippen molar-refractivity contribution in [3.05, 3.63) is 66.6 Å². The van der Waals surface area contributed by atoms with Crippen molar-refractivity contribution in [2.75, 3.05) is 18.4 Å². The van der Waals surface area contributed by atoms with E-state index >= 15 is 0 Å². The molecule has 2 aromatic heterocycles. The fourth-order valence-electron chi connectivity index (χ4n) is 4.84. The number of aliphatic hydroxyl groups is 1. The molecular formula is C22H25FN6O. The molecule has 8 heteroatoms. The number of rotatable bonds is 5. The Morgan fingerprint density at radius 2 is 1.93 bits per heavy atom. The first-order valence-electron chi connectivity index (χ1n) is 10.4. The van der Waals surface area contributed by atoms with Crippen LogP contribution in [0.4, 0.5) is 10.2 Å². The highest BCUT2D eigenvalue weighted by atomic mass is 19.1. The van der Waals surface area contributed by atoms with Gasteiger partial charge in [0.1, 0.15) is 17.3 Å². The number of benzene rings is 1. The maximum atomic E-state index is 14.0. The molecule has 7 nitrogen and oxygen atoms in total. The Bertz CT molecular complexity index is 996. The van der Waals surface area contributed by atoms with Crippen LogP contribution in [0.5, 0.6) is 0 Å². The van der Waals surface area contributed by atoms with Crippen molar-refractivity contribution in [1.82, 2.24) is 24.6 Å². The molecule has 1 aliphatic heterocycles. The lowest BCUT2D eigenvalue weighted by Gasteiger charge is -2.35. The molecule has 1 aromatic carbocycles. The summed E-state index contributed by atoms with van der Waals surface area (Å²) in [5.74, 6) is 1.44. The van der Waals surface area contributed by atoms with Crippen LogP contribution in [0.2, 0.25) is 0 Å². The van der Waals surface area contributed by atoms with Crippen molar-refractivity contribution >= 4 is 5.82 Å². The van der Waals surface area contributed by atoms with E-state index in [2.05, 4.69) is 25.3 Å². The van der Waals surface area contributed by atoms with Crippen molar-refractivity contribution < 1.29 is 9.50 Å². The van der Waals surface area contributed by atoms with E-state index < -0.39 is 6.10 Å². The van der Waals surface area contributed by atoms with Crippen LogP contribution in [-0.4, -0.2) is 55.0 Å². The number of aromatic nitrogens is 4. The summed E-state index contributed by atoms with van der Waals surface area (Å²) < 4.78 is 15.6. The van der Waals surface area contributed by atoms with Crippen LogP contribution in [0, 0.1) is 17.7 Å². The molecule has 30 heavy (non-hydrogen) atoms. The molecule has 2 fully saturated rings. The molecule has 5 rings (SSSR count). The predicted octanol–water partition coefficient (Wildman–Crippen LogP) is 2.48. The summed E-state index contributed by atoms with van der Waals surface area (Å²) in [4.78, 5) is 10.8. The number of halogens is 1. The summed E-state index contributed by atoms with van der Waals surface area (Å²) in [5.41, 5.74) is 1.52. The summed E-state index contributed by atoms with van der Waals surface area (Å²) >= 11 is 0. The molecule has 2 aliphatic rings. The van der Waals surface area contributed by atoms with E-state index in [9.17, 15) is 9.50 Å². The summed E-state index contributed by atoms with van der Waals surface area (Å²) in [5, 5.41) is 18.3. The van der Waals surface area contributed by atoms with Gasteiger partial charge in [-0.15, -0.1) is 0 Å². The van der Waals surface area contributed by atoms with Gasteiger partial charge in [0.25, 0.3) is 0 Å². The van der Waals surface area contributed by atoms with E-state index in [4.69, 9.17) is 0 Å². The zero-order chi connectivity index (χ0) is 20.5. The minimum Gasteiger partial charge on any atom is -0.391 e. The Hall–Kier alpha value is -2.84. The van der Waals surface area contributed by atoms with Gasteiger partial charge in [-0.2, -0.15) is 5.10 Å². The second-order valence-electron chi connectivity index (χ2n) is 8.34. The second-order valence-corrected chi connectivity index (χ2v) is 8.34. The van der Waals surface area contributed by atoms with Crippen LogP contribution in [-0.2, 0) is 6.54 Å². The minimum absolute atomic E-state index is 0.00768. The number of hydrogen-bond acceptors (Lipinski definition) is 6. The van der Waals surface area contributed by atoms with Gasteiger partial charge >= 0.3 is 0 Å². The quantitative estimate of drug-likeness (QED) is 0.675. The monoisotopic (exact) mass is 408 g/mol. The number of nitrogens with zero attached hydrogens (tertiary/aromatic N) is 5. The number of likely N-dealkylation sites (tertiary alicyclic amines) is 1. The van der Waals surface area contributed by atoms with Crippen molar-refractivity contribution in [2.24, 2.45) is 11.8 Å². The van der Waals surface area contributed by atoms with Crippen LogP contribution >= 0.6 is 0 Å². The summed E-state index contributed by atoms with van der Waals surface area (Å²) in [6.07, 6.45) is 9.99. The largest absolute Gasteiger partial charge is 0.391 e. The zero-order valence-corrected chi connectivity index (χ0v) is 16.6. The topological polar surface area (TPSA) is 79.1 Å². The van der Waals surface area contributed by atoms with Crippen LogP contribution in [0.1, 0.15) is 18.4 Å². The van der Waals surface area contributed by atoms with E-state index in [0.29, 0.717) is 23.3 Å². The molecule has 156 valence electrons. The number of aliphatic hydroxyl groups excluding tert-OH is 1. The Morgan fingerprint density at radius 3 is 2.73 bits per heavy atom. The van der Waals surface area contributed by atoms with E-state index in [1.165, 1.54) is 6.07 Å². The number of fused-ring (bicyclic) bond motifs is 1. The zero-order valence-electron chi connectivity index (χ0n) is 16.6. The molecule has 3 heterocycles. The maximum Gasteiger partial charge on any atom is 0.148 e. The minimum atomic E-state index is -0.392. The first-order valence-corrected chi connectivity index (χ1v) is 10.4. The van der Waals surface area contributed by atoms with Crippen molar-refractivity contribution in [3.8, 4) is 5.69 Å². The Kier molecular flexibility index (Phi) is 5.18. The fourth-order valence-corrected chi connectivity index (χ4v) is 4.84. The molecule has 0 spiro atoms. The average molecular weight is 408 g/mol. The first-order chi connectivity index (χ1) is 14.7. The lowest BCUT2D eigenvalue weighted by atomic mass is 9.77. The van der Waals surface area contributed by atoms with Gasteiger partial charge in [-0.1, -0.05) is 12.1 Å². The summed E-state index contributed by atoms with van der Waals surface area (Å²) in [6.45, 7) is 2.73. The highest BCUT2D eigenvalue weighted by Gasteiger charge is 2.41. The molecule has 0 amide bonds. The molecule has 0 unspecified atom stereocenters. The van der Waals surface area contributed by atoms with Crippen molar-refractivity contribution in [3.63, 3.8) is 0 Å². The Labute approximate surface area is 174 Å². The smallest absolute Gasteiger partial charge is 0.148 e. The van der Waals surface area contributed by atoms with Crippen molar-refractivity contribution in [2.45, 2.75) is 31.5 Å². The fraction of sp³-hybridized carbons (Fsp3) is 0.409. The van der Waals surface area contributed by atoms with E-state index in [1.54, 1.807) is 35.4 Å². The van der Waals surface area contributed by atoms with Gasteiger partial charge in [-0.25, -0.2) is 14.1 Å². The lowest BCUT2D eigenvalue weighted by molar-refractivity contribution is 0.0735. The van der Waals surface area contributed by atoms with Crippen molar-refractivity contribution in [1.29, 1.82) is 0 Å². The normalized spacial score (nSPS) is 26.5. The van der Waals surface area contributed by atoms with Gasteiger partial charge in [-0.3, -0.25) is 9.88 Å². The van der Waals surface area contributed by atoms with Gasteiger partial charge in [-0.05, 0) is 36.8 Å². The highest BCUT2D eigenvalue weighted by molar-refractivity contribution is 5.33.